The highest BCUT2D eigenvalue weighted by Gasteiger charge is 2.15. The molecular weight excluding hydrogens is 336 g/mol. The molecule has 5 heteroatoms. The first kappa shape index (κ1) is 17.0. The molecule has 126 valence electrons. The third kappa shape index (κ3) is 3.80. The van der Waals surface area contributed by atoms with Crippen LogP contribution in [0.1, 0.15) is 22.8 Å². The van der Waals surface area contributed by atoms with Crippen LogP contribution in [0, 0.1) is 0 Å². The van der Waals surface area contributed by atoms with Crippen molar-refractivity contribution in [2.75, 3.05) is 12.3 Å². The number of halogens is 1. The zero-order valence-electron chi connectivity index (χ0n) is 13.7. The van der Waals surface area contributed by atoms with E-state index in [0.29, 0.717) is 22.8 Å². The fraction of sp³-hybridized carbons (Fsp3) is 0.100. The Morgan fingerprint density at radius 3 is 2.40 bits per heavy atom. The fourth-order valence-corrected chi connectivity index (χ4v) is 2.61. The Kier molecular flexibility index (Phi) is 5.00. The van der Waals surface area contributed by atoms with Gasteiger partial charge < -0.3 is 10.5 Å². The van der Waals surface area contributed by atoms with Crippen LogP contribution in [0.2, 0.25) is 5.02 Å². The summed E-state index contributed by atoms with van der Waals surface area (Å²) in [7, 11) is 0. The maximum atomic E-state index is 12.7. The number of hydrogen-bond acceptors (Lipinski definition) is 4. The van der Waals surface area contributed by atoms with Gasteiger partial charge in [0.15, 0.2) is 5.78 Å². The van der Waals surface area contributed by atoms with Gasteiger partial charge in [0.1, 0.15) is 11.6 Å². The van der Waals surface area contributed by atoms with Gasteiger partial charge in [0, 0.05) is 22.3 Å². The molecule has 2 aromatic carbocycles. The van der Waals surface area contributed by atoms with Gasteiger partial charge in [-0.1, -0.05) is 23.7 Å². The second kappa shape index (κ2) is 7.36. The fourth-order valence-electron chi connectivity index (χ4n) is 2.48. The highest BCUT2D eigenvalue weighted by molar-refractivity contribution is 6.30. The number of aromatic nitrogens is 1. The zero-order valence-corrected chi connectivity index (χ0v) is 14.5. The monoisotopic (exact) mass is 352 g/mol. The van der Waals surface area contributed by atoms with Gasteiger partial charge in [-0.05, 0) is 55.0 Å². The van der Waals surface area contributed by atoms with Crippen LogP contribution in [0.25, 0.3) is 11.1 Å². The molecule has 25 heavy (non-hydrogen) atoms. The van der Waals surface area contributed by atoms with Crippen LogP contribution >= 0.6 is 11.6 Å². The first-order chi connectivity index (χ1) is 12.1. The van der Waals surface area contributed by atoms with Crippen LogP contribution in [0.15, 0.2) is 60.8 Å². The molecule has 2 N–H and O–H groups in total. The number of nitrogens with two attached hydrogens (primary N) is 1. The summed E-state index contributed by atoms with van der Waals surface area (Å²) in [6.45, 7) is 2.55. The van der Waals surface area contributed by atoms with Crippen LogP contribution in [-0.2, 0) is 0 Å². The number of nitrogen functional groups attached to an aromatic ring is 1. The Labute approximate surface area is 151 Å². The van der Waals surface area contributed by atoms with Crippen LogP contribution in [-0.4, -0.2) is 17.4 Å². The Hall–Kier alpha value is -2.85. The summed E-state index contributed by atoms with van der Waals surface area (Å²) < 4.78 is 5.44. The third-order valence-electron chi connectivity index (χ3n) is 3.77. The molecule has 0 aliphatic rings. The molecule has 0 spiro atoms. The molecule has 0 saturated carbocycles. The Balaban J connectivity index is 1.94. The molecule has 1 heterocycles. The molecule has 0 amide bonds. The lowest BCUT2D eigenvalue weighted by atomic mass is 10.00. The van der Waals surface area contributed by atoms with Crippen molar-refractivity contribution in [3.8, 4) is 16.9 Å². The minimum atomic E-state index is -0.186. The maximum Gasteiger partial charge on any atom is 0.196 e. The number of anilines is 1. The molecule has 0 aliphatic carbocycles. The summed E-state index contributed by atoms with van der Waals surface area (Å²) in [5.41, 5.74) is 8.55. The second-order valence-electron chi connectivity index (χ2n) is 5.45. The number of pyridine rings is 1. The minimum absolute atomic E-state index is 0.186. The molecular formula is C20H17ClN2O2. The SMILES string of the molecule is CCOc1ccc(-c2cnc(N)c(C(=O)c3ccc(Cl)cc3)c2)cc1. The molecule has 3 rings (SSSR count). The molecule has 0 atom stereocenters. The highest BCUT2D eigenvalue weighted by Crippen LogP contribution is 2.26. The number of hydrogen-bond donors (Lipinski definition) is 1. The van der Waals surface area contributed by atoms with Gasteiger partial charge in [-0.2, -0.15) is 0 Å². The van der Waals surface area contributed by atoms with Crippen LogP contribution < -0.4 is 10.5 Å². The van der Waals surface area contributed by atoms with Crippen molar-refractivity contribution in [2.45, 2.75) is 6.92 Å². The van der Waals surface area contributed by atoms with Crippen LogP contribution in [0.4, 0.5) is 5.82 Å². The molecule has 0 saturated heterocycles. The lowest BCUT2D eigenvalue weighted by Gasteiger charge is -2.09. The van der Waals surface area contributed by atoms with Gasteiger partial charge in [-0.25, -0.2) is 4.98 Å². The van der Waals surface area contributed by atoms with Crippen LogP contribution in [0.3, 0.4) is 0 Å². The first-order valence-electron chi connectivity index (χ1n) is 7.87. The maximum absolute atomic E-state index is 12.7. The van der Waals surface area contributed by atoms with Crippen molar-refractivity contribution < 1.29 is 9.53 Å². The predicted octanol–water partition coefficient (Wildman–Crippen LogP) is 4.61. The number of nitrogens with zero attached hydrogens (tertiary/aromatic N) is 1. The van der Waals surface area contributed by atoms with Gasteiger partial charge in [0.05, 0.1) is 12.2 Å². The highest BCUT2D eigenvalue weighted by atomic mass is 35.5. The number of ketones is 1. The molecule has 0 radical (unpaired) electrons. The van der Waals surface area contributed by atoms with E-state index in [0.717, 1.165) is 16.9 Å². The van der Waals surface area contributed by atoms with E-state index in [1.165, 1.54) is 0 Å². The number of benzene rings is 2. The number of ether oxygens (including phenoxy) is 1. The standard InChI is InChI=1S/C20H17ClN2O2/c1-2-25-17-9-5-13(6-10-17)15-11-18(20(22)23-12-15)19(24)14-3-7-16(21)8-4-14/h3-12H,2H2,1H3,(H2,22,23). The molecule has 3 aromatic rings. The Bertz CT molecular complexity index is 891. The lowest BCUT2D eigenvalue weighted by Crippen LogP contribution is -2.07. The molecule has 1 aromatic heterocycles. The second-order valence-corrected chi connectivity index (χ2v) is 5.89. The number of carbonyl (C=O) groups is 1. The molecule has 0 aliphatic heterocycles. The number of rotatable bonds is 5. The first-order valence-corrected chi connectivity index (χ1v) is 8.25. The molecule has 0 bridgehead atoms. The van der Waals surface area contributed by atoms with E-state index >= 15 is 0 Å². The van der Waals surface area contributed by atoms with E-state index in [4.69, 9.17) is 22.1 Å². The summed E-state index contributed by atoms with van der Waals surface area (Å²) in [6.07, 6.45) is 1.66. The number of carbonyl (C=O) groups excluding carboxylic acids is 1. The molecule has 0 fully saturated rings. The van der Waals surface area contributed by atoms with Crippen LogP contribution in [0.5, 0.6) is 5.75 Å². The van der Waals surface area contributed by atoms with Crippen molar-refractivity contribution in [3.63, 3.8) is 0 Å². The van der Waals surface area contributed by atoms with E-state index in [9.17, 15) is 4.79 Å². The van der Waals surface area contributed by atoms with Crippen molar-refractivity contribution in [3.05, 3.63) is 76.9 Å². The van der Waals surface area contributed by atoms with Gasteiger partial charge in [0.2, 0.25) is 0 Å². The van der Waals surface area contributed by atoms with E-state index in [-0.39, 0.29) is 11.6 Å². The van der Waals surface area contributed by atoms with Crippen molar-refractivity contribution >= 4 is 23.2 Å². The minimum Gasteiger partial charge on any atom is -0.494 e. The average Bonchev–Trinajstić information content (AvgIpc) is 2.63. The summed E-state index contributed by atoms with van der Waals surface area (Å²) >= 11 is 5.88. The van der Waals surface area contributed by atoms with E-state index < -0.39 is 0 Å². The van der Waals surface area contributed by atoms with Gasteiger partial charge in [-0.3, -0.25) is 4.79 Å². The summed E-state index contributed by atoms with van der Waals surface area (Å²) in [4.78, 5) is 16.9. The Morgan fingerprint density at radius 1 is 1.08 bits per heavy atom. The largest absolute Gasteiger partial charge is 0.494 e. The zero-order chi connectivity index (χ0) is 17.8. The van der Waals surface area contributed by atoms with E-state index in [2.05, 4.69) is 4.98 Å². The topological polar surface area (TPSA) is 65.2 Å². The van der Waals surface area contributed by atoms with Gasteiger partial charge in [0.25, 0.3) is 0 Å². The van der Waals surface area contributed by atoms with Crippen molar-refractivity contribution in [2.24, 2.45) is 0 Å². The van der Waals surface area contributed by atoms with Gasteiger partial charge >= 0.3 is 0 Å². The van der Waals surface area contributed by atoms with Crippen molar-refractivity contribution in [1.82, 2.24) is 4.98 Å². The molecule has 0 unspecified atom stereocenters. The third-order valence-corrected chi connectivity index (χ3v) is 4.02. The quantitative estimate of drug-likeness (QED) is 0.681. The molecule has 4 nitrogen and oxygen atoms in total. The summed E-state index contributed by atoms with van der Waals surface area (Å²) in [6, 6.07) is 16.1. The van der Waals surface area contributed by atoms with Gasteiger partial charge in [-0.15, -0.1) is 0 Å². The summed E-state index contributed by atoms with van der Waals surface area (Å²) in [5.74, 6) is 0.816. The predicted molar refractivity (Wildman–Crippen MR) is 100 cm³/mol. The lowest BCUT2D eigenvalue weighted by molar-refractivity contribution is 0.103. The summed E-state index contributed by atoms with van der Waals surface area (Å²) in [5, 5.41) is 0.575. The van der Waals surface area contributed by atoms with Crippen molar-refractivity contribution in [1.29, 1.82) is 0 Å². The Morgan fingerprint density at radius 2 is 1.76 bits per heavy atom. The van der Waals surface area contributed by atoms with E-state index in [1.807, 2.05) is 31.2 Å². The smallest absolute Gasteiger partial charge is 0.196 e. The average molecular weight is 353 g/mol. The normalized spacial score (nSPS) is 10.5. The van der Waals surface area contributed by atoms with E-state index in [1.54, 1.807) is 36.5 Å².